The van der Waals surface area contributed by atoms with E-state index in [2.05, 4.69) is 6.58 Å². The first-order chi connectivity index (χ1) is 7.80. The molecule has 0 aliphatic heterocycles. The van der Waals surface area contributed by atoms with Gasteiger partial charge in [-0.15, -0.1) is 6.58 Å². The van der Waals surface area contributed by atoms with Crippen molar-refractivity contribution in [3.63, 3.8) is 0 Å². The molecular weight excluding hydrogens is 227 g/mol. The van der Waals surface area contributed by atoms with Crippen LogP contribution in [0.5, 0.6) is 0 Å². The summed E-state index contributed by atoms with van der Waals surface area (Å²) in [6.07, 6.45) is -2.82. The maximum absolute atomic E-state index is 12.3. The Labute approximate surface area is 99.1 Å². The number of nitrogens with two attached hydrogens (primary N) is 1. The van der Waals surface area contributed by atoms with E-state index in [0.717, 1.165) is 29.7 Å². The summed E-state index contributed by atoms with van der Waals surface area (Å²) in [5.41, 5.74) is 6.98. The molecule has 0 fully saturated rings. The Balaban J connectivity index is 2.70. The zero-order chi connectivity index (χ0) is 13.1. The molecule has 4 heteroatoms. The van der Waals surface area contributed by atoms with Gasteiger partial charge in [0.05, 0.1) is 5.56 Å². The van der Waals surface area contributed by atoms with Crippen molar-refractivity contribution < 1.29 is 13.2 Å². The van der Waals surface area contributed by atoms with Crippen molar-refractivity contribution >= 4 is 0 Å². The standard InChI is InChI=1S/C13H16F3N/c1-9(2)3-8-12(17)10-4-6-11(7-5-10)13(14,15)16/h4-7,12H,1,3,8,17H2,2H3. The Kier molecular flexibility index (Phi) is 4.34. The lowest BCUT2D eigenvalue weighted by Gasteiger charge is -2.13. The quantitative estimate of drug-likeness (QED) is 0.793. The third kappa shape index (κ3) is 4.23. The van der Waals surface area contributed by atoms with E-state index in [1.54, 1.807) is 0 Å². The number of hydrogen-bond acceptors (Lipinski definition) is 1. The summed E-state index contributed by atoms with van der Waals surface area (Å²) in [5, 5.41) is 0. The lowest BCUT2D eigenvalue weighted by molar-refractivity contribution is -0.137. The van der Waals surface area contributed by atoms with Gasteiger partial charge in [-0.25, -0.2) is 0 Å². The number of allylic oxidation sites excluding steroid dienone is 1. The normalized spacial score (nSPS) is 13.5. The van der Waals surface area contributed by atoms with Crippen LogP contribution >= 0.6 is 0 Å². The van der Waals surface area contributed by atoms with Crippen LogP contribution in [0.1, 0.15) is 36.9 Å². The summed E-state index contributed by atoms with van der Waals surface area (Å²) >= 11 is 0. The summed E-state index contributed by atoms with van der Waals surface area (Å²) in [6.45, 7) is 5.67. The summed E-state index contributed by atoms with van der Waals surface area (Å²) in [7, 11) is 0. The highest BCUT2D eigenvalue weighted by Gasteiger charge is 2.30. The van der Waals surface area contributed by atoms with Crippen LogP contribution in [0.4, 0.5) is 13.2 Å². The van der Waals surface area contributed by atoms with Gasteiger partial charge in [0.1, 0.15) is 0 Å². The molecule has 1 unspecified atom stereocenters. The minimum atomic E-state index is -4.29. The van der Waals surface area contributed by atoms with Crippen LogP contribution in [-0.4, -0.2) is 0 Å². The van der Waals surface area contributed by atoms with Crippen LogP contribution in [-0.2, 0) is 6.18 Å². The predicted octanol–water partition coefficient (Wildman–Crippen LogP) is 4.06. The van der Waals surface area contributed by atoms with Crippen LogP contribution in [0.2, 0.25) is 0 Å². The maximum atomic E-state index is 12.3. The van der Waals surface area contributed by atoms with E-state index in [1.807, 2.05) is 6.92 Å². The highest BCUT2D eigenvalue weighted by atomic mass is 19.4. The molecule has 2 N–H and O–H groups in total. The van der Waals surface area contributed by atoms with Crippen molar-refractivity contribution in [2.24, 2.45) is 5.73 Å². The molecule has 1 nitrogen and oxygen atoms in total. The number of hydrogen-bond donors (Lipinski definition) is 1. The van der Waals surface area contributed by atoms with Crippen molar-refractivity contribution in [3.05, 3.63) is 47.5 Å². The molecule has 0 saturated heterocycles. The summed E-state index contributed by atoms with van der Waals surface area (Å²) in [6, 6.07) is 4.76. The predicted molar refractivity (Wildman–Crippen MR) is 62.4 cm³/mol. The van der Waals surface area contributed by atoms with Crippen LogP contribution in [0.25, 0.3) is 0 Å². The van der Waals surface area contributed by atoms with Crippen molar-refractivity contribution in [1.82, 2.24) is 0 Å². The Morgan fingerprint density at radius 1 is 1.29 bits per heavy atom. The van der Waals surface area contributed by atoms with Gasteiger partial charge in [0, 0.05) is 6.04 Å². The molecule has 0 saturated carbocycles. The van der Waals surface area contributed by atoms with Gasteiger partial charge in [0.15, 0.2) is 0 Å². The Bertz CT molecular complexity index is 379. The molecule has 0 bridgehead atoms. The molecule has 0 aliphatic carbocycles. The minimum Gasteiger partial charge on any atom is -0.324 e. The third-order valence-electron chi connectivity index (χ3n) is 2.55. The van der Waals surface area contributed by atoms with Crippen LogP contribution in [0.15, 0.2) is 36.4 Å². The first-order valence-corrected chi connectivity index (χ1v) is 5.38. The smallest absolute Gasteiger partial charge is 0.324 e. The summed E-state index contributed by atoms with van der Waals surface area (Å²) in [4.78, 5) is 0. The molecule has 0 spiro atoms. The third-order valence-corrected chi connectivity index (χ3v) is 2.55. The van der Waals surface area contributed by atoms with Gasteiger partial charge in [-0.3, -0.25) is 0 Å². The Morgan fingerprint density at radius 2 is 1.82 bits per heavy atom. The maximum Gasteiger partial charge on any atom is 0.416 e. The lowest BCUT2D eigenvalue weighted by atomic mass is 9.99. The van der Waals surface area contributed by atoms with Gasteiger partial charge < -0.3 is 5.73 Å². The molecule has 1 aromatic carbocycles. The highest BCUT2D eigenvalue weighted by Crippen LogP contribution is 2.30. The van der Waals surface area contributed by atoms with E-state index < -0.39 is 11.7 Å². The highest BCUT2D eigenvalue weighted by molar-refractivity contribution is 5.26. The van der Waals surface area contributed by atoms with Crippen LogP contribution in [0.3, 0.4) is 0 Å². The zero-order valence-electron chi connectivity index (χ0n) is 9.72. The van der Waals surface area contributed by atoms with Gasteiger partial charge >= 0.3 is 6.18 Å². The molecule has 0 heterocycles. The van der Waals surface area contributed by atoms with E-state index in [9.17, 15) is 13.2 Å². The molecule has 0 aromatic heterocycles. The number of benzene rings is 1. The van der Waals surface area contributed by atoms with Gasteiger partial charge in [0.2, 0.25) is 0 Å². The van der Waals surface area contributed by atoms with E-state index in [0.29, 0.717) is 6.42 Å². The monoisotopic (exact) mass is 243 g/mol. The van der Waals surface area contributed by atoms with E-state index in [4.69, 9.17) is 5.73 Å². The van der Waals surface area contributed by atoms with Crippen molar-refractivity contribution in [2.75, 3.05) is 0 Å². The molecule has 0 aliphatic rings. The average Bonchev–Trinajstić information content (AvgIpc) is 2.25. The van der Waals surface area contributed by atoms with E-state index in [1.165, 1.54) is 12.1 Å². The Hall–Kier alpha value is -1.29. The molecule has 94 valence electrons. The second-order valence-corrected chi connectivity index (χ2v) is 4.22. The van der Waals surface area contributed by atoms with Crippen LogP contribution < -0.4 is 5.73 Å². The molecule has 0 radical (unpaired) electrons. The molecule has 1 rings (SSSR count). The molecule has 0 amide bonds. The Morgan fingerprint density at radius 3 is 2.24 bits per heavy atom. The molecular formula is C13H16F3N. The fraction of sp³-hybridized carbons (Fsp3) is 0.385. The van der Waals surface area contributed by atoms with Crippen molar-refractivity contribution in [2.45, 2.75) is 32.0 Å². The van der Waals surface area contributed by atoms with Gasteiger partial charge in [-0.2, -0.15) is 13.2 Å². The van der Waals surface area contributed by atoms with E-state index >= 15 is 0 Å². The van der Waals surface area contributed by atoms with Gasteiger partial charge in [-0.05, 0) is 37.5 Å². The van der Waals surface area contributed by atoms with Gasteiger partial charge in [0.25, 0.3) is 0 Å². The molecule has 17 heavy (non-hydrogen) atoms. The summed E-state index contributed by atoms with van der Waals surface area (Å²) in [5.74, 6) is 0. The lowest BCUT2D eigenvalue weighted by Crippen LogP contribution is -2.11. The van der Waals surface area contributed by atoms with Gasteiger partial charge in [-0.1, -0.05) is 17.7 Å². The fourth-order valence-corrected chi connectivity index (χ4v) is 1.49. The SMILES string of the molecule is C=C(C)CCC(N)c1ccc(C(F)(F)F)cc1. The topological polar surface area (TPSA) is 26.0 Å². The fourth-order valence-electron chi connectivity index (χ4n) is 1.49. The first-order valence-electron chi connectivity index (χ1n) is 5.38. The second kappa shape index (κ2) is 5.36. The molecule has 1 aromatic rings. The largest absolute Gasteiger partial charge is 0.416 e. The first kappa shape index (κ1) is 13.8. The number of alkyl halides is 3. The van der Waals surface area contributed by atoms with E-state index in [-0.39, 0.29) is 6.04 Å². The van der Waals surface area contributed by atoms with Crippen molar-refractivity contribution in [1.29, 1.82) is 0 Å². The molecule has 1 atom stereocenters. The average molecular weight is 243 g/mol. The number of halogens is 3. The number of rotatable bonds is 4. The second-order valence-electron chi connectivity index (χ2n) is 4.22. The minimum absolute atomic E-state index is 0.242. The van der Waals surface area contributed by atoms with Crippen LogP contribution in [0, 0.1) is 0 Å². The summed E-state index contributed by atoms with van der Waals surface area (Å²) < 4.78 is 37.0. The van der Waals surface area contributed by atoms with Crippen molar-refractivity contribution in [3.8, 4) is 0 Å². The zero-order valence-corrected chi connectivity index (χ0v) is 9.72.